The van der Waals surface area contributed by atoms with E-state index >= 15 is 0 Å². The fraction of sp³-hybridized carbons (Fsp3) is 0.333. The van der Waals surface area contributed by atoms with Crippen LogP contribution in [-0.2, 0) is 4.79 Å². The Bertz CT molecular complexity index is 1180. The van der Waals surface area contributed by atoms with Gasteiger partial charge in [0.1, 0.15) is 0 Å². The van der Waals surface area contributed by atoms with Crippen LogP contribution in [-0.4, -0.2) is 39.2 Å². The Hall–Kier alpha value is -0.984. The number of phenolic OH excluding ortho intramolecular Hbond substituents is 1. The first kappa shape index (κ1) is 23.2. The molecule has 0 amide bonds. The molecule has 162 valence electrons. The molecule has 1 aromatic heterocycles. The van der Waals surface area contributed by atoms with E-state index in [-0.39, 0.29) is 36.1 Å². The third kappa shape index (κ3) is 3.39. The Morgan fingerprint density at radius 3 is 2.23 bits per heavy atom. The van der Waals surface area contributed by atoms with Crippen LogP contribution in [0.2, 0.25) is 10.1 Å². The fourth-order valence-corrected chi connectivity index (χ4v) is 17.3. The zero-order valence-electron chi connectivity index (χ0n) is 18.4. The first-order valence-corrected chi connectivity index (χ1v) is 15.4. The number of hydrogen-bond donors (Lipinski definition) is 1. The standard InChI is InChI=1S/C24H25Br2NO2SeSi/c1-23(2,3)31(24(4,5)6)19-11-13(28)7-8-15(19)27-16-9-10-17(29)20(21(16)31)18-12-14(25)22(26)30-18/h7-12,29H,1-6H3. The van der Waals surface area contributed by atoms with Gasteiger partial charge in [0.05, 0.1) is 0 Å². The van der Waals surface area contributed by atoms with Gasteiger partial charge in [-0.2, -0.15) is 0 Å². The van der Waals surface area contributed by atoms with Gasteiger partial charge in [-0.1, -0.05) is 0 Å². The molecule has 1 aliphatic carbocycles. The monoisotopic (exact) mass is 625 g/mol. The molecular formula is C24H25Br2NO2SeSi. The number of aromatic hydroxyl groups is 1. The third-order valence-electron chi connectivity index (χ3n) is 6.29. The number of rotatable bonds is 1. The van der Waals surface area contributed by atoms with E-state index in [2.05, 4.69) is 79.5 Å². The number of phenols is 1. The van der Waals surface area contributed by atoms with E-state index < -0.39 is 8.07 Å². The Balaban J connectivity index is 2.25. The van der Waals surface area contributed by atoms with Crippen molar-refractivity contribution in [2.24, 2.45) is 4.99 Å². The van der Waals surface area contributed by atoms with Gasteiger partial charge in [0.15, 0.2) is 0 Å². The molecule has 0 saturated heterocycles. The number of allylic oxidation sites excluding steroid dienone is 4. The van der Waals surface area contributed by atoms with Gasteiger partial charge in [-0.3, -0.25) is 0 Å². The molecule has 2 aromatic rings. The summed E-state index contributed by atoms with van der Waals surface area (Å²) in [7, 11) is -2.68. The van der Waals surface area contributed by atoms with Crippen LogP contribution in [0.4, 0.5) is 5.69 Å². The molecule has 0 radical (unpaired) electrons. The van der Waals surface area contributed by atoms with Crippen molar-refractivity contribution >= 4 is 76.8 Å². The van der Waals surface area contributed by atoms with Crippen LogP contribution in [0.15, 0.2) is 54.4 Å². The average molecular weight is 626 g/mol. The van der Waals surface area contributed by atoms with E-state index in [1.165, 1.54) is 0 Å². The van der Waals surface area contributed by atoms with Crippen molar-refractivity contribution in [3.05, 3.63) is 49.4 Å². The van der Waals surface area contributed by atoms with Crippen LogP contribution in [0, 0.1) is 0 Å². The number of benzene rings is 1. The van der Waals surface area contributed by atoms with Crippen molar-refractivity contribution in [1.29, 1.82) is 0 Å². The molecule has 4 rings (SSSR count). The van der Waals surface area contributed by atoms with Crippen molar-refractivity contribution in [2.45, 2.75) is 51.6 Å². The van der Waals surface area contributed by atoms with Gasteiger partial charge >= 0.3 is 209 Å². The summed E-state index contributed by atoms with van der Waals surface area (Å²) in [6, 6.07) is 5.83. The average Bonchev–Trinajstić information content (AvgIpc) is 2.96. The third-order valence-corrected chi connectivity index (χ3v) is 18.2. The van der Waals surface area contributed by atoms with E-state index in [0.29, 0.717) is 0 Å². The molecule has 0 saturated carbocycles. The summed E-state index contributed by atoms with van der Waals surface area (Å²) in [5.74, 6) is 0.303. The fourth-order valence-electron chi connectivity index (χ4n) is 5.63. The maximum atomic E-state index is 12.6. The summed E-state index contributed by atoms with van der Waals surface area (Å²) < 4.78 is 3.27. The summed E-state index contributed by atoms with van der Waals surface area (Å²) in [6.07, 6.45) is 5.30. The van der Waals surface area contributed by atoms with E-state index in [4.69, 9.17) is 4.99 Å². The van der Waals surface area contributed by atoms with E-state index in [9.17, 15) is 9.90 Å². The molecule has 0 spiro atoms. The second-order valence-corrected chi connectivity index (χ2v) is 20.7. The predicted octanol–water partition coefficient (Wildman–Crippen LogP) is 6.59. The second kappa shape index (κ2) is 7.52. The van der Waals surface area contributed by atoms with Crippen LogP contribution in [0.1, 0.15) is 41.5 Å². The predicted molar refractivity (Wildman–Crippen MR) is 140 cm³/mol. The van der Waals surface area contributed by atoms with Crippen LogP contribution < -0.4 is 5.19 Å². The molecule has 0 atom stereocenters. The first-order chi connectivity index (χ1) is 14.3. The van der Waals surface area contributed by atoms with E-state index in [1.54, 1.807) is 12.1 Å². The molecule has 31 heavy (non-hydrogen) atoms. The van der Waals surface area contributed by atoms with Crippen molar-refractivity contribution in [1.82, 2.24) is 0 Å². The van der Waals surface area contributed by atoms with Gasteiger partial charge in [0, 0.05) is 0 Å². The van der Waals surface area contributed by atoms with Crippen molar-refractivity contribution < 1.29 is 9.90 Å². The summed E-state index contributed by atoms with van der Waals surface area (Å²) in [6.45, 7) is 13.7. The number of halogens is 2. The molecular weight excluding hydrogens is 601 g/mol. The van der Waals surface area contributed by atoms with E-state index in [1.807, 2.05) is 18.2 Å². The zero-order chi connectivity index (χ0) is 22.9. The molecule has 1 aromatic carbocycles. The number of carbonyl (C=O) groups excluding carboxylic acids is 1. The molecule has 7 heteroatoms. The summed E-state index contributed by atoms with van der Waals surface area (Å²) in [5.41, 5.74) is 2.73. The first-order valence-electron chi connectivity index (χ1n) is 10.1. The molecule has 0 bridgehead atoms. The van der Waals surface area contributed by atoms with Crippen LogP contribution in [0.5, 0.6) is 5.75 Å². The molecule has 2 heterocycles. The number of carbonyl (C=O) groups is 1. The molecule has 3 nitrogen and oxygen atoms in total. The Morgan fingerprint density at radius 1 is 1.03 bits per heavy atom. The van der Waals surface area contributed by atoms with Crippen molar-refractivity contribution in [2.75, 3.05) is 0 Å². The minimum absolute atomic E-state index is 0.0148. The molecule has 0 fully saturated rings. The van der Waals surface area contributed by atoms with Crippen LogP contribution in [0.25, 0.3) is 10.0 Å². The van der Waals surface area contributed by atoms with Gasteiger partial charge in [-0.05, 0) is 0 Å². The Morgan fingerprint density at radius 2 is 1.68 bits per heavy atom. The SMILES string of the molecule is CC(C)(C)[Si]1(C(C)(C)C)C2=CC(=O)C=CC2=Nc2ccc(O)c(-c3cc(Br)c(Br)[se]3)c21. The maximum absolute atomic E-state index is 12.6. The van der Waals surface area contributed by atoms with Gasteiger partial charge in [0.2, 0.25) is 0 Å². The summed E-state index contributed by atoms with van der Waals surface area (Å²) >= 11 is 7.36. The number of fused-ring (bicyclic) bond motifs is 2. The van der Waals surface area contributed by atoms with Crippen molar-refractivity contribution in [3.63, 3.8) is 0 Å². The number of aliphatic imine (C=N–C) groups is 1. The quantitative estimate of drug-likeness (QED) is 0.287. The normalized spacial score (nSPS) is 17.7. The van der Waals surface area contributed by atoms with Gasteiger partial charge in [0.25, 0.3) is 0 Å². The number of ketones is 1. The Labute approximate surface area is 207 Å². The van der Waals surface area contributed by atoms with Crippen LogP contribution >= 0.6 is 31.9 Å². The van der Waals surface area contributed by atoms with Crippen LogP contribution in [0.3, 0.4) is 0 Å². The summed E-state index contributed by atoms with van der Waals surface area (Å²) in [5, 5.41) is 13.2. The van der Waals surface area contributed by atoms with Gasteiger partial charge < -0.3 is 0 Å². The number of nitrogens with zero attached hydrogens (tertiary/aromatic N) is 1. The molecule has 0 unspecified atom stereocenters. The molecule has 1 N–H and O–H groups in total. The zero-order valence-corrected chi connectivity index (χ0v) is 24.3. The number of hydrogen-bond acceptors (Lipinski definition) is 3. The molecule has 1 aliphatic heterocycles. The second-order valence-electron chi connectivity index (χ2n) is 10.1. The van der Waals surface area contributed by atoms with Crippen molar-refractivity contribution in [3.8, 4) is 15.8 Å². The Kier molecular flexibility index (Phi) is 5.63. The van der Waals surface area contributed by atoms with Gasteiger partial charge in [-0.25, -0.2) is 0 Å². The molecule has 2 aliphatic rings. The topological polar surface area (TPSA) is 49.7 Å². The van der Waals surface area contributed by atoms with E-state index in [0.717, 1.165) is 39.6 Å². The summed E-state index contributed by atoms with van der Waals surface area (Å²) in [4.78, 5) is 17.6. The minimum atomic E-state index is -2.68. The van der Waals surface area contributed by atoms with Gasteiger partial charge in [-0.15, -0.1) is 0 Å².